The third-order valence-electron chi connectivity index (χ3n) is 8.13. The molecule has 73 heavy (non-hydrogen) atoms. The molecule has 0 radical (unpaired) electrons. The minimum Gasteiger partial charge on any atom is -0.756 e. The molecule has 0 rings (SSSR count). The van der Waals surface area contributed by atoms with Crippen molar-refractivity contribution in [1.29, 1.82) is 0 Å². The fourth-order valence-corrected chi connectivity index (χ4v) is 8.26. The van der Waals surface area contributed by atoms with Crippen LogP contribution in [0.15, 0.2) is 0 Å². The lowest BCUT2D eigenvalue weighted by Gasteiger charge is -2.26. The Labute approximate surface area is 424 Å². The topological polar surface area (TPSA) is 457 Å². The smallest absolute Gasteiger partial charge is 0.268 e. The highest BCUT2D eigenvalue weighted by Crippen LogP contribution is 2.41. The average molecular weight is 1190 g/mol. The number of aliphatic hydroxyl groups is 1. The van der Waals surface area contributed by atoms with Crippen LogP contribution < -0.4 is 29.4 Å². The second kappa shape index (κ2) is 44.1. The van der Waals surface area contributed by atoms with Crippen LogP contribution in [0.1, 0.15) is 26.7 Å². The first-order valence-electron chi connectivity index (χ1n) is 22.4. The molecule has 8 unspecified atom stereocenters. The van der Waals surface area contributed by atoms with Crippen LogP contribution in [0.4, 0.5) is 0 Å². The number of phosphoric acid groups is 6. The van der Waals surface area contributed by atoms with Gasteiger partial charge in [0.1, 0.15) is 0 Å². The Hall–Kier alpha value is 0.300. The van der Waals surface area contributed by atoms with Crippen molar-refractivity contribution in [2.45, 2.75) is 26.7 Å². The fourth-order valence-electron chi connectivity index (χ4n) is 4.31. The summed E-state index contributed by atoms with van der Waals surface area (Å²) in [5.74, 6) is -0.975. The van der Waals surface area contributed by atoms with Crippen molar-refractivity contribution in [3.63, 3.8) is 0 Å². The van der Waals surface area contributed by atoms with E-state index < -0.39 is 72.7 Å². The van der Waals surface area contributed by atoms with E-state index in [2.05, 4.69) is 49.8 Å². The quantitative estimate of drug-likeness (QED) is 0.0498. The van der Waals surface area contributed by atoms with Crippen molar-refractivity contribution in [3.8, 4) is 0 Å². The van der Waals surface area contributed by atoms with Gasteiger partial charge in [0.25, 0.3) is 46.9 Å². The van der Waals surface area contributed by atoms with Crippen molar-refractivity contribution >= 4 is 46.9 Å². The summed E-state index contributed by atoms with van der Waals surface area (Å²) in [7, 11) is -28.2. The van der Waals surface area contributed by atoms with Gasteiger partial charge in [0, 0.05) is 18.4 Å². The van der Waals surface area contributed by atoms with Crippen LogP contribution in [0.2, 0.25) is 0 Å². The van der Waals surface area contributed by atoms with Gasteiger partial charge in [-0.15, -0.1) is 0 Å². The molecule has 0 saturated carbocycles. The van der Waals surface area contributed by atoms with Crippen LogP contribution in [0.3, 0.4) is 0 Å². The van der Waals surface area contributed by atoms with E-state index >= 15 is 0 Å². The molecule has 0 aromatic heterocycles. The normalized spacial score (nSPS) is 18.0. The summed E-state index contributed by atoms with van der Waals surface area (Å²) in [4.78, 5) is 78.3. The van der Waals surface area contributed by atoms with Crippen molar-refractivity contribution in [3.05, 3.63) is 0 Å². The van der Waals surface area contributed by atoms with Gasteiger partial charge in [-0.1, -0.05) is 13.8 Å². The lowest BCUT2D eigenvalue weighted by Crippen LogP contribution is -2.20. The maximum Gasteiger partial charge on any atom is 0.268 e. The van der Waals surface area contributed by atoms with Crippen molar-refractivity contribution in [2.24, 2.45) is 11.8 Å². The Morgan fingerprint density at radius 1 is 0.301 bits per heavy atom. The standard InChI is InChI=1S/C34H76O33P6/c1-3-33(29-35)30-66-72(45,46)63-27-19-55-11-9-53-17-25-61-70(41,42)59-23-15-51-7-5-49-13-21-57-69(39,40)58-22-14-50-6-8-52-16-24-60-71(43,44)62-26-18-54-10-12-56-20-28-64-73(47,48)67-32-34(4-2)31-65-68(36,37)38/h33-35H,3-32H2,1-2H3,(H,39,40)(H,41,42)(H,43,44)(H,45,46)(H,47,48)(H2,36,37,38)/p-6. The minimum absolute atomic E-state index is 0.00123. The molecule has 0 aromatic carbocycles. The van der Waals surface area contributed by atoms with E-state index in [9.17, 15) is 56.8 Å². The Balaban J connectivity index is 3.67. The molecule has 33 nitrogen and oxygen atoms in total. The van der Waals surface area contributed by atoms with Gasteiger partial charge in [0.2, 0.25) is 0 Å². The van der Waals surface area contributed by atoms with E-state index in [-0.39, 0.29) is 171 Å². The van der Waals surface area contributed by atoms with Crippen molar-refractivity contribution < 1.29 is 154 Å². The molecule has 0 amide bonds. The van der Waals surface area contributed by atoms with Crippen LogP contribution in [0.5, 0.6) is 0 Å². The molecule has 0 aliphatic heterocycles. The summed E-state index contributed by atoms with van der Waals surface area (Å²) in [6.07, 6.45) is 0.824. The van der Waals surface area contributed by atoms with Gasteiger partial charge in [-0.2, -0.15) is 0 Å². The fraction of sp³-hybridized carbons (Fsp3) is 1.00. The van der Waals surface area contributed by atoms with E-state index in [0.29, 0.717) is 12.8 Å². The first kappa shape index (κ1) is 73.3. The molecule has 0 saturated heterocycles. The summed E-state index contributed by atoms with van der Waals surface area (Å²) in [5, 5.41) is 9.07. The van der Waals surface area contributed by atoms with Gasteiger partial charge in [-0.3, -0.25) is 27.4 Å². The SMILES string of the molecule is CCC(CO)COP(=O)([O-])OCCOCCOCCOP(=O)([O-])OCCOCCOCCOP(=O)([O-])OCCOCCOCCOP(=O)([O-])OCCOCCOCCOP(=O)([O-])OCC(CC)COP(=O)([O-])O. The molecule has 0 aliphatic rings. The average Bonchev–Trinajstić information content (AvgIpc) is 3.31. The zero-order chi connectivity index (χ0) is 54.8. The molecular weight excluding hydrogens is 1120 g/mol. The summed E-state index contributed by atoms with van der Waals surface area (Å²) in [6, 6.07) is 0. The first-order valence-corrected chi connectivity index (χ1v) is 31.2. The zero-order valence-corrected chi connectivity index (χ0v) is 46.0. The largest absolute Gasteiger partial charge is 0.756 e. The van der Waals surface area contributed by atoms with Crippen LogP contribution >= 0.6 is 46.9 Å². The van der Waals surface area contributed by atoms with E-state index in [4.69, 9.17) is 47.9 Å². The number of phosphoric ester groups is 6. The second-order valence-corrected chi connectivity index (χ2v) is 22.1. The van der Waals surface area contributed by atoms with Gasteiger partial charge in [0.05, 0.1) is 178 Å². The Bertz CT molecular complexity index is 1630. The van der Waals surface area contributed by atoms with Crippen molar-refractivity contribution in [2.75, 3.05) is 185 Å². The molecule has 0 bridgehead atoms. The molecule has 2 N–H and O–H groups in total. The van der Waals surface area contributed by atoms with Gasteiger partial charge >= 0.3 is 0 Å². The van der Waals surface area contributed by atoms with Crippen molar-refractivity contribution in [1.82, 2.24) is 0 Å². The number of aliphatic hydroxyl groups excluding tert-OH is 1. The Morgan fingerprint density at radius 2 is 0.479 bits per heavy atom. The number of hydrogen-bond donors (Lipinski definition) is 2. The number of hydrogen-bond acceptors (Lipinski definition) is 32. The first-order chi connectivity index (χ1) is 34.5. The lowest BCUT2D eigenvalue weighted by molar-refractivity contribution is -0.230. The molecule has 39 heteroatoms. The highest BCUT2D eigenvalue weighted by molar-refractivity contribution is 7.47. The van der Waals surface area contributed by atoms with E-state index in [1.165, 1.54) is 0 Å². The molecule has 0 aliphatic carbocycles. The maximum atomic E-state index is 11.9. The Morgan fingerprint density at radius 3 is 0.671 bits per heavy atom. The molecule has 0 aromatic rings. The third-order valence-corrected chi connectivity index (χ3v) is 13.5. The predicted molar refractivity (Wildman–Crippen MR) is 235 cm³/mol. The van der Waals surface area contributed by atoms with Gasteiger partial charge in [0.15, 0.2) is 0 Å². The summed E-state index contributed by atoms with van der Waals surface area (Å²) >= 11 is 0. The van der Waals surface area contributed by atoms with Crippen LogP contribution in [-0.4, -0.2) is 195 Å². The van der Waals surface area contributed by atoms with Crippen LogP contribution in [0.25, 0.3) is 0 Å². The Kier molecular flexibility index (Phi) is 44.3. The van der Waals surface area contributed by atoms with Crippen LogP contribution in [0, 0.1) is 11.8 Å². The highest BCUT2D eigenvalue weighted by atomic mass is 31.2. The van der Waals surface area contributed by atoms with Gasteiger partial charge < -0.3 is 127 Å². The molecule has 0 heterocycles. The minimum atomic E-state index is -4.96. The maximum absolute atomic E-state index is 11.9. The third kappa shape index (κ3) is 50.3. The molecule has 0 fully saturated rings. The second-order valence-electron chi connectivity index (χ2n) is 13.9. The van der Waals surface area contributed by atoms with E-state index in [1.807, 2.05) is 0 Å². The monoisotopic (exact) mass is 1190 g/mol. The highest BCUT2D eigenvalue weighted by Gasteiger charge is 2.17. The molecular formula is C34H70O33P6-6. The van der Waals surface area contributed by atoms with E-state index in [1.54, 1.807) is 13.8 Å². The lowest BCUT2D eigenvalue weighted by atomic mass is 10.1. The van der Waals surface area contributed by atoms with Crippen LogP contribution in [-0.2, 0) is 115 Å². The molecule has 440 valence electrons. The number of rotatable bonds is 56. The number of ether oxygens (including phenoxy) is 8. The summed E-state index contributed by atoms with van der Waals surface area (Å²) < 4.78 is 162. The predicted octanol–water partition coefficient (Wildman–Crippen LogP) is -1.85. The van der Waals surface area contributed by atoms with Gasteiger partial charge in [-0.25, -0.2) is 0 Å². The molecule has 8 atom stereocenters. The summed E-state index contributed by atoms with van der Waals surface area (Å²) in [5.41, 5.74) is 0. The zero-order valence-electron chi connectivity index (χ0n) is 40.6. The summed E-state index contributed by atoms with van der Waals surface area (Å²) in [6.45, 7) is -1.76. The van der Waals surface area contributed by atoms with Gasteiger partial charge in [-0.05, 0) is 12.8 Å². The van der Waals surface area contributed by atoms with E-state index in [0.717, 1.165) is 0 Å². The molecule has 0 spiro atoms.